The van der Waals surface area contributed by atoms with Gasteiger partial charge in [0.2, 0.25) is 0 Å². The first-order valence-electron chi connectivity index (χ1n) is 14.7. The van der Waals surface area contributed by atoms with Gasteiger partial charge in [-0.25, -0.2) is 0 Å². The first-order valence-corrected chi connectivity index (χ1v) is 14.7. The zero-order chi connectivity index (χ0) is 23.1. The van der Waals surface area contributed by atoms with Gasteiger partial charge < -0.3 is 4.74 Å². The van der Waals surface area contributed by atoms with Gasteiger partial charge in [-0.3, -0.25) is 4.79 Å². The van der Waals surface area contributed by atoms with Crippen LogP contribution in [-0.4, -0.2) is 5.97 Å². The van der Waals surface area contributed by atoms with Crippen LogP contribution in [0.3, 0.4) is 0 Å². The van der Waals surface area contributed by atoms with Crippen molar-refractivity contribution in [1.82, 2.24) is 0 Å². The summed E-state index contributed by atoms with van der Waals surface area (Å²) in [6.45, 7) is 4.56. The predicted octanol–water partition coefficient (Wildman–Crippen LogP) is 10.4. The maximum atomic E-state index is 11.8. The van der Waals surface area contributed by atoms with Crippen LogP contribution in [0.15, 0.2) is 11.8 Å². The molecule has 1 aliphatic heterocycles. The van der Waals surface area contributed by atoms with Gasteiger partial charge in [0.05, 0.1) is 0 Å². The zero-order valence-electron chi connectivity index (χ0n) is 21.9. The highest BCUT2D eigenvalue weighted by molar-refractivity contribution is 5.82. The number of hydrogen-bond donors (Lipinski definition) is 0. The van der Waals surface area contributed by atoms with E-state index in [0.29, 0.717) is 0 Å². The van der Waals surface area contributed by atoms with E-state index in [1.54, 1.807) is 0 Å². The van der Waals surface area contributed by atoms with Gasteiger partial charge in [0.1, 0.15) is 11.7 Å². The van der Waals surface area contributed by atoms with Gasteiger partial charge in [-0.1, -0.05) is 149 Å². The third-order valence-corrected chi connectivity index (χ3v) is 7.10. The summed E-state index contributed by atoms with van der Waals surface area (Å²) in [5.74, 6) is 1.08. The van der Waals surface area contributed by atoms with Crippen molar-refractivity contribution in [3.8, 4) is 0 Å². The Morgan fingerprint density at radius 2 is 0.938 bits per heavy atom. The van der Waals surface area contributed by atoms with Crippen LogP contribution in [0.1, 0.15) is 168 Å². The second-order valence-corrected chi connectivity index (χ2v) is 10.2. The molecule has 1 aliphatic rings. The molecule has 0 aromatic carbocycles. The fraction of sp³-hybridized carbons (Fsp3) is 0.900. The van der Waals surface area contributed by atoms with Crippen molar-refractivity contribution < 1.29 is 9.53 Å². The standard InChI is InChI=1S/C30H56O2/c1-3-5-7-9-11-13-14-15-16-17-19-20-22-24-26-28-29(32-30(28)31)27-25-23-21-18-12-10-8-6-4-2/h27-28H,3-26H2,1-2H3. The summed E-state index contributed by atoms with van der Waals surface area (Å²) in [5.41, 5.74) is 0. The van der Waals surface area contributed by atoms with Crippen LogP contribution in [-0.2, 0) is 9.53 Å². The summed E-state index contributed by atoms with van der Waals surface area (Å²) in [5, 5.41) is 0. The Labute approximate surface area is 201 Å². The highest BCUT2D eigenvalue weighted by Crippen LogP contribution is 2.32. The summed E-state index contributed by atoms with van der Waals surface area (Å²) in [7, 11) is 0. The lowest BCUT2D eigenvalue weighted by Crippen LogP contribution is -2.32. The minimum Gasteiger partial charge on any atom is -0.430 e. The van der Waals surface area contributed by atoms with E-state index in [-0.39, 0.29) is 11.9 Å². The van der Waals surface area contributed by atoms with Crippen LogP contribution in [0.25, 0.3) is 0 Å². The van der Waals surface area contributed by atoms with Crippen molar-refractivity contribution in [3.63, 3.8) is 0 Å². The molecule has 1 atom stereocenters. The Kier molecular flexibility index (Phi) is 20.1. The fourth-order valence-corrected chi connectivity index (χ4v) is 4.83. The number of hydrogen-bond acceptors (Lipinski definition) is 2. The Bertz CT molecular complexity index is 454. The van der Waals surface area contributed by atoms with Crippen molar-refractivity contribution in [2.24, 2.45) is 5.92 Å². The van der Waals surface area contributed by atoms with E-state index in [2.05, 4.69) is 19.9 Å². The summed E-state index contributed by atoms with van der Waals surface area (Å²) in [4.78, 5) is 11.8. The molecule has 1 fully saturated rings. The largest absolute Gasteiger partial charge is 0.430 e. The molecule has 2 nitrogen and oxygen atoms in total. The molecule has 0 aromatic rings. The number of cyclic esters (lactones) is 1. The Morgan fingerprint density at radius 3 is 1.34 bits per heavy atom. The third kappa shape index (κ3) is 15.9. The quantitative estimate of drug-likeness (QED) is 0.108. The summed E-state index contributed by atoms with van der Waals surface area (Å²) >= 11 is 0. The summed E-state index contributed by atoms with van der Waals surface area (Å²) < 4.78 is 5.32. The highest BCUT2D eigenvalue weighted by atomic mass is 16.6. The Morgan fingerprint density at radius 1 is 0.562 bits per heavy atom. The van der Waals surface area contributed by atoms with Crippen LogP contribution in [0.2, 0.25) is 0 Å². The summed E-state index contributed by atoms with van der Waals surface area (Å²) in [6.07, 6.45) is 34.4. The molecule has 1 rings (SSSR count). The second-order valence-electron chi connectivity index (χ2n) is 10.2. The van der Waals surface area contributed by atoms with Crippen LogP contribution >= 0.6 is 0 Å². The highest BCUT2D eigenvalue weighted by Gasteiger charge is 2.36. The molecular formula is C30H56O2. The van der Waals surface area contributed by atoms with Crippen LogP contribution in [0, 0.1) is 5.92 Å². The number of ether oxygens (including phenoxy) is 1. The third-order valence-electron chi connectivity index (χ3n) is 7.10. The number of allylic oxidation sites excluding steroid dienone is 1. The molecule has 32 heavy (non-hydrogen) atoms. The molecule has 0 saturated carbocycles. The van der Waals surface area contributed by atoms with E-state index in [0.717, 1.165) is 18.6 Å². The van der Waals surface area contributed by atoms with Gasteiger partial charge in [-0.05, 0) is 25.3 Å². The lowest BCUT2D eigenvalue weighted by molar-refractivity contribution is -0.157. The molecule has 188 valence electrons. The van der Waals surface area contributed by atoms with Gasteiger partial charge in [0, 0.05) is 0 Å². The molecule has 1 saturated heterocycles. The number of unbranched alkanes of at least 4 members (excludes halogenated alkanes) is 21. The average Bonchev–Trinajstić information content (AvgIpc) is 2.79. The Balaban J connectivity index is 1.88. The van der Waals surface area contributed by atoms with Crippen LogP contribution < -0.4 is 0 Å². The monoisotopic (exact) mass is 448 g/mol. The minimum absolute atomic E-state index is 0.0156. The summed E-state index contributed by atoms with van der Waals surface area (Å²) in [6, 6.07) is 0. The molecule has 2 heteroatoms. The van der Waals surface area contributed by atoms with Gasteiger partial charge in [0.15, 0.2) is 0 Å². The number of esters is 1. The van der Waals surface area contributed by atoms with Gasteiger partial charge >= 0.3 is 5.97 Å². The molecule has 0 N–H and O–H groups in total. The molecule has 0 amide bonds. The molecule has 0 aromatic heterocycles. The minimum atomic E-state index is 0.0156. The second kappa shape index (κ2) is 22.0. The maximum Gasteiger partial charge on any atom is 0.321 e. The lowest BCUT2D eigenvalue weighted by Gasteiger charge is -2.28. The first-order chi connectivity index (χ1) is 15.8. The molecule has 1 unspecified atom stereocenters. The zero-order valence-corrected chi connectivity index (χ0v) is 21.9. The lowest BCUT2D eigenvalue weighted by atomic mass is 9.93. The van der Waals surface area contributed by atoms with Crippen molar-refractivity contribution in [2.45, 2.75) is 168 Å². The smallest absolute Gasteiger partial charge is 0.321 e. The van der Waals surface area contributed by atoms with Gasteiger partial charge in [-0.15, -0.1) is 0 Å². The van der Waals surface area contributed by atoms with E-state index in [1.807, 2.05) is 0 Å². The molecule has 1 heterocycles. The average molecular weight is 449 g/mol. The van der Waals surface area contributed by atoms with E-state index in [1.165, 1.54) is 141 Å². The predicted molar refractivity (Wildman–Crippen MR) is 140 cm³/mol. The fourth-order valence-electron chi connectivity index (χ4n) is 4.83. The molecular weight excluding hydrogens is 392 g/mol. The number of carbonyl (C=O) groups excluding carboxylic acids is 1. The maximum absolute atomic E-state index is 11.8. The van der Waals surface area contributed by atoms with Crippen LogP contribution in [0.4, 0.5) is 0 Å². The molecule has 0 bridgehead atoms. The Hall–Kier alpha value is -0.790. The molecule has 0 aliphatic carbocycles. The molecule has 0 radical (unpaired) electrons. The van der Waals surface area contributed by atoms with Crippen LogP contribution in [0.5, 0.6) is 0 Å². The van der Waals surface area contributed by atoms with Crippen molar-refractivity contribution >= 4 is 5.97 Å². The number of carbonyl (C=O) groups is 1. The number of rotatable bonds is 24. The first kappa shape index (κ1) is 29.2. The van der Waals surface area contributed by atoms with Crippen molar-refractivity contribution in [2.75, 3.05) is 0 Å². The topological polar surface area (TPSA) is 26.3 Å². The SMILES string of the molecule is CCCCCCCCCCC=C1OC(=O)C1CCCCCCCCCCCCCCCC. The van der Waals surface area contributed by atoms with Gasteiger partial charge in [0.25, 0.3) is 0 Å². The van der Waals surface area contributed by atoms with Gasteiger partial charge in [-0.2, -0.15) is 0 Å². The van der Waals surface area contributed by atoms with E-state index < -0.39 is 0 Å². The molecule has 0 spiro atoms. The van der Waals surface area contributed by atoms with E-state index in [9.17, 15) is 4.79 Å². The van der Waals surface area contributed by atoms with Crippen molar-refractivity contribution in [3.05, 3.63) is 11.8 Å². The van der Waals surface area contributed by atoms with Crippen molar-refractivity contribution in [1.29, 1.82) is 0 Å². The normalized spacial score (nSPS) is 17.0. The van der Waals surface area contributed by atoms with E-state index >= 15 is 0 Å². The van der Waals surface area contributed by atoms with E-state index in [4.69, 9.17) is 4.74 Å².